The highest BCUT2D eigenvalue weighted by atomic mass is 35.5. The summed E-state index contributed by atoms with van der Waals surface area (Å²) in [5, 5.41) is 4.70. The number of nitrogens with zero attached hydrogens (tertiary/aromatic N) is 2. The molecule has 0 aliphatic carbocycles. The molecular weight excluding hydrogens is 354 g/mol. The van der Waals surface area contributed by atoms with Crippen LogP contribution in [0.5, 0.6) is 0 Å². The number of likely N-dealkylation sites (N-methyl/N-ethyl adjacent to an activating group) is 1. The van der Waals surface area contributed by atoms with Crippen LogP contribution in [0.4, 0.5) is 5.13 Å². The number of nitrogens with one attached hydrogen (secondary N) is 1. The molecule has 1 amide bonds. The lowest BCUT2D eigenvalue weighted by Crippen LogP contribution is -2.39. The second kappa shape index (κ2) is 7.95. The van der Waals surface area contributed by atoms with Crippen molar-refractivity contribution < 1.29 is 4.79 Å². The maximum absolute atomic E-state index is 12.7. The molecule has 6 heteroatoms. The lowest BCUT2D eigenvalue weighted by Gasteiger charge is -2.20. The molecule has 1 unspecified atom stereocenters. The Balaban J connectivity index is 1.69. The van der Waals surface area contributed by atoms with Gasteiger partial charge in [0.05, 0.1) is 16.8 Å². The average molecular weight is 374 g/mol. The number of aromatic nitrogens is 1. The van der Waals surface area contributed by atoms with Crippen LogP contribution in [-0.4, -0.2) is 24.0 Å². The molecule has 3 aromatic rings. The number of carbonyl (C=O) groups is 1. The molecule has 130 valence electrons. The molecule has 0 radical (unpaired) electrons. The summed E-state index contributed by atoms with van der Waals surface area (Å²) in [5.41, 5.74) is 1.91. The van der Waals surface area contributed by atoms with E-state index in [0.717, 1.165) is 20.9 Å². The maximum atomic E-state index is 12.7. The summed E-state index contributed by atoms with van der Waals surface area (Å²) in [4.78, 5) is 19.0. The zero-order valence-corrected chi connectivity index (χ0v) is 15.8. The summed E-state index contributed by atoms with van der Waals surface area (Å²) in [6.07, 6.45) is 0. The van der Waals surface area contributed by atoms with E-state index in [1.54, 1.807) is 4.90 Å². The molecule has 1 heterocycles. The second-order valence-electron chi connectivity index (χ2n) is 5.73. The standard InChI is InChI=1S/C19H20ClN3OS/c1-3-23(19-22-16-10-6-7-11-17(16)25-19)18(24)12-21-13(2)14-8-4-5-9-15(14)20/h4-11,13,21H,3,12H2,1-2H3. The van der Waals surface area contributed by atoms with Crippen molar-refractivity contribution in [2.75, 3.05) is 18.0 Å². The Morgan fingerprint density at radius 1 is 1.24 bits per heavy atom. The third kappa shape index (κ3) is 4.00. The van der Waals surface area contributed by atoms with E-state index in [2.05, 4.69) is 10.3 Å². The Morgan fingerprint density at radius 3 is 2.68 bits per heavy atom. The molecule has 1 atom stereocenters. The minimum absolute atomic E-state index is 0.000426. The Bertz CT molecular complexity index is 847. The van der Waals surface area contributed by atoms with E-state index in [1.165, 1.54) is 11.3 Å². The molecule has 1 aromatic heterocycles. The molecule has 4 nitrogen and oxygen atoms in total. The number of fused-ring (bicyclic) bond motifs is 1. The number of hydrogen-bond donors (Lipinski definition) is 1. The fraction of sp³-hybridized carbons (Fsp3) is 0.263. The van der Waals surface area contributed by atoms with Crippen molar-refractivity contribution in [3.05, 3.63) is 59.1 Å². The van der Waals surface area contributed by atoms with E-state index in [0.29, 0.717) is 11.6 Å². The van der Waals surface area contributed by atoms with Gasteiger partial charge in [-0.15, -0.1) is 0 Å². The van der Waals surface area contributed by atoms with Crippen LogP contribution in [0.2, 0.25) is 5.02 Å². The molecule has 2 aromatic carbocycles. The van der Waals surface area contributed by atoms with Gasteiger partial charge in [0.15, 0.2) is 5.13 Å². The van der Waals surface area contributed by atoms with Crippen LogP contribution in [0.1, 0.15) is 25.5 Å². The largest absolute Gasteiger partial charge is 0.302 e. The van der Waals surface area contributed by atoms with Gasteiger partial charge in [0.25, 0.3) is 0 Å². The Hall–Kier alpha value is -1.95. The van der Waals surface area contributed by atoms with Crippen molar-refractivity contribution in [2.24, 2.45) is 0 Å². The van der Waals surface area contributed by atoms with Gasteiger partial charge in [-0.2, -0.15) is 0 Å². The average Bonchev–Trinajstić information content (AvgIpc) is 3.04. The molecule has 0 bridgehead atoms. The topological polar surface area (TPSA) is 45.2 Å². The van der Waals surface area contributed by atoms with E-state index in [4.69, 9.17) is 11.6 Å². The van der Waals surface area contributed by atoms with Crippen LogP contribution in [-0.2, 0) is 4.79 Å². The minimum atomic E-state index is -0.00766. The number of rotatable bonds is 6. The first-order valence-corrected chi connectivity index (χ1v) is 9.43. The van der Waals surface area contributed by atoms with Crippen molar-refractivity contribution in [3.8, 4) is 0 Å². The SMILES string of the molecule is CCN(C(=O)CNC(C)c1ccccc1Cl)c1nc2ccccc2s1. The Kier molecular flexibility index (Phi) is 5.68. The minimum Gasteiger partial charge on any atom is -0.302 e. The van der Waals surface area contributed by atoms with Crippen LogP contribution in [0.25, 0.3) is 10.2 Å². The lowest BCUT2D eigenvalue weighted by molar-refractivity contribution is -0.117. The molecule has 3 rings (SSSR count). The van der Waals surface area contributed by atoms with Gasteiger partial charge in [-0.05, 0) is 37.6 Å². The third-order valence-corrected chi connectivity index (χ3v) is 5.47. The predicted octanol–water partition coefficient (Wildman–Crippen LogP) is 4.65. The first-order chi connectivity index (χ1) is 12.1. The van der Waals surface area contributed by atoms with Gasteiger partial charge in [0, 0.05) is 17.6 Å². The molecular formula is C19H20ClN3OS. The third-order valence-electron chi connectivity index (χ3n) is 4.06. The number of amides is 1. The van der Waals surface area contributed by atoms with Gasteiger partial charge in [0.1, 0.15) is 0 Å². The molecule has 0 spiro atoms. The predicted molar refractivity (Wildman–Crippen MR) is 106 cm³/mol. The van der Waals surface area contributed by atoms with Crippen molar-refractivity contribution in [1.29, 1.82) is 0 Å². The van der Waals surface area contributed by atoms with Gasteiger partial charge in [-0.25, -0.2) is 4.98 Å². The molecule has 0 saturated carbocycles. The summed E-state index contributed by atoms with van der Waals surface area (Å²) < 4.78 is 1.08. The van der Waals surface area contributed by atoms with Crippen LogP contribution < -0.4 is 10.2 Å². The number of benzene rings is 2. The molecule has 0 saturated heterocycles. The van der Waals surface area contributed by atoms with E-state index >= 15 is 0 Å². The number of carbonyl (C=O) groups excluding carboxylic acids is 1. The van der Waals surface area contributed by atoms with Gasteiger partial charge in [0.2, 0.25) is 5.91 Å². The zero-order valence-electron chi connectivity index (χ0n) is 14.2. The Morgan fingerprint density at radius 2 is 1.96 bits per heavy atom. The highest BCUT2D eigenvalue weighted by molar-refractivity contribution is 7.22. The van der Waals surface area contributed by atoms with E-state index in [1.807, 2.05) is 62.4 Å². The molecule has 0 aliphatic rings. The van der Waals surface area contributed by atoms with Crippen LogP contribution >= 0.6 is 22.9 Å². The van der Waals surface area contributed by atoms with E-state index in [9.17, 15) is 4.79 Å². The second-order valence-corrected chi connectivity index (χ2v) is 7.14. The fourth-order valence-electron chi connectivity index (χ4n) is 2.67. The highest BCUT2D eigenvalue weighted by Gasteiger charge is 2.19. The summed E-state index contributed by atoms with van der Waals surface area (Å²) in [6.45, 7) is 4.78. The van der Waals surface area contributed by atoms with Gasteiger partial charge in [-0.1, -0.05) is 53.3 Å². The summed E-state index contributed by atoms with van der Waals surface area (Å²) >= 11 is 7.76. The van der Waals surface area contributed by atoms with Crippen molar-refractivity contribution in [1.82, 2.24) is 10.3 Å². The number of anilines is 1. The normalized spacial score (nSPS) is 12.3. The summed E-state index contributed by atoms with van der Waals surface area (Å²) in [6, 6.07) is 15.6. The van der Waals surface area contributed by atoms with E-state index in [-0.39, 0.29) is 18.5 Å². The zero-order chi connectivity index (χ0) is 17.8. The van der Waals surface area contributed by atoms with Crippen molar-refractivity contribution in [2.45, 2.75) is 19.9 Å². The number of thiazole rings is 1. The number of halogens is 1. The molecule has 0 aliphatic heterocycles. The van der Waals surface area contributed by atoms with Crippen LogP contribution in [0.15, 0.2) is 48.5 Å². The van der Waals surface area contributed by atoms with Crippen molar-refractivity contribution in [3.63, 3.8) is 0 Å². The maximum Gasteiger partial charge on any atom is 0.242 e. The van der Waals surface area contributed by atoms with E-state index < -0.39 is 0 Å². The number of hydrogen-bond acceptors (Lipinski definition) is 4. The lowest BCUT2D eigenvalue weighted by atomic mass is 10.1. The summed E-state index contributed by atoms with van der Waals surface area (Å²) in [7, 11) is 0. The van der Waals surface area contributed by atoms with Gasteiger partial charge in [-0.3, -0.25) is 9.69 Å². The van der Waals surface area contributed by atoms with Crippen molar-refractivity contribution >= 4 is 44.2 Å². The first-order valence-electron chi connectivity index (χ1n) is 8.24. The number of para-hydroxylation sites is 1. The van der Waals surface area contributed by atoms with Crippen LogP contribution in [0, 0.1) is 0 Å². The first kappa shape index (κ1) is 17.9. The molecule has 25 heavy (non-hydrogen) atoms. The molecule has 1 N–H and O–H groups in total. The summed E-state index contributed by atoms with van der Waals surface area (Å²) in [5.74, 6) is 0.000426. The van der Waals surface area contributed by atoms with Gasteiger partial charge >= 0.3 is 0 Å². The van der Waals surface area contributed by atoms with Gasteiger partial charge < -0.3 is 5.32 Å². The quantitative estimate of drug-likeness (QED) is 0.683. The molecule has 0 fully saturated rings. The highest BCUT2D eigenvalue weighted by Crippen LogP contribution is 2.28. The monoisotopic (exact) mass is 373 g/mol. The smallest absolute Gasteiger partial charge is 0.242 e. The Labute approximate surface area is 156 Å². The van der Waals surface area contributed by atoms with Crippen LogP contribution in [0.3, 0.4) is 0 Å². The fourth-order valence-corrected chi connectivity index (χ4v) is 4.01.